The van der Waals surface area contributed by atoms with Crippen molar-refractivity contribution in [2.45, 2.75) is 31.8 Å². The van der Waals surface area contributed by atoms with Gasteiger partial charge in [0.2, 0.25) is 11.8 Å². The smallest absolute Gasteiger partial charge is 0.274 e. The monoisotopic (exact) mass is 365 g/mol. The quantitative estimate of drug-likeness (QED) is 0.749. The first kappa shape index (κ1) is 17.1. The van der Waals surface area contributed by atoms with Gasteiger partial charge in [0.1, 0.15) is 18.1 Å². The van der Waals surface area contributed by atoms with E-state index in [1.807, 2.05) is 30.3 Å². The number of nitrogens with zero attached hydrogens (tertiary/aromatic N) is 4. The maximum absolute atomic E-state index is 12.7. The number of Topliss-reactive ketones (excluding diaryl/α,β-unsaturated/α-hetero) is 1. The lowest BCUT2D eigenvalue weighted by molar-refractivity contribution is -0.118. The summed E-state index contributed by atoms with van der Waals surface area (Å²) in [6.45, 7) is 0.272. The number of anilines is 1. The molecule has 2 N–H and O–H groups in total. The van der Waals surface area contributed by atoms with Gasteiger partial charge in [-0.1, -0.05) is 30.3 Å². The number of nitrogens with two attached hydrogens (primary N) is 1. The molecule has 1 fully saturated rings. The van der Waals surface area contributed by atoms with E-state index < -0.39 is 5.92 Å². The fraction of sp³-hybridized carbons (Fsp3) is 0.316. The van der Waals surface area contributed by atoms with E-state index in [9.17, 15) is 9.59 Å². The van der Waals surface area contributed by atoms with Crippen molar-refractivity contribution >= 4 is 22.9 Å². The van der Waals surface area contributed by atoms with E-state index in [0.717, 1.165) is 12.0 Å². The number of carbonyl (C=O) groups is 1. The molecule has 0 aliphatic heterocycles. The largest absolute Gasteiger partial charge is 0.471 e. The van der Waals surface area contributed by atoms with Crippen LogP contribution in [-0.2, 0) is 18.4 Å². The van der Waals surface area contributed by atoms with Crippen molar-refractivity contribution in [2.75, 3.05) is 5.73 Å². The van der Waals surface area contributed by atoms with Gasteiger partial charge in [-0.15, -0.1) is 0 Å². The van der Waals surface area contributed by atoms with Gasteiger partial charge in [-0.3, -0.25) is 14.2 Å². The molecule has 0 radical (unpaired) electrons. The standard InChI is InChI=1S/C19H19N5O3/c1-24-16-15(21-14(18(24)26)12-8-5-9-13(12)25)17(23-19(20)22-16)27-10-11-6-3-2-4-7-11/h2-4,6-7,12H,5,8-10H2,1H3,(H2,20,22,23). The maximum Gasteiger partial charge on any atom is 0.274 e. The first-order valence-corrected chi connectivity index (χ1v) is 8.78. The average molecular weight is 365 g/mol. The van der Waals surface area contributed by atoms with Crippen LogP contribution < -0.4 is 16.0 Å². The summed E-state index contributed by atoms with van der Waals surface area (Å²) in [5, 5.41) is 0. The number of ketones is 1. The van der Waals surface area contributed by atoms with Crippen molar-refractivity contribution in [3.63, 3.8) is 0 Å². The summed E-state index contributed by atoms with van der Waals surface area (Å²) in [4.78, 5) is 37.6. The van der Waals surface area contributed by atoms with Crippen molar-refractivity contribution in [3.8, 4) is 5.88 Å². The van der Waals surface area contributed by atoms with Crippen LogP contribution in [0.1, 0.15) is 36.4 Å². The molecule has 1 atom stereocenters. The van der Waals surface area contributed by atoms with Crippen LogP contribution in [0, 0.1) is 0 Å². The van der Waals surface area contributed by atoms with E-state index in [4.69, 9.17) is 10.5 Å². The van der Waals surface area contributed by atoms with E-state index in [-0.39, 0.29) is 41.1 Å². The molecule has 3 aromatic rings. The molecule has 0 spiro atoms. The molecule has 2 aromatic heterocycles. The number of benzene rings is 1. The summed E-state index contributed by atoms with van der Waals surface area (Å²) in [6, 6.07) is 9.61. The molecule has 4 rings (SSSR count). The van der Waals surface area contributed by atoms with Gasteiger partial charge in [0.05, 0.1) is 5.92 Å². The Balaban J connectivity index is 1.82. The molecule has 0 saturated heterocycles. The first-order chi connectivity index (χ1) is 13.0. The van der Waals surface area contributed by atoms with Gasteiger partial charge in [0, 0.05) is 13.5 Å². The molecule has 27 heavy (non-hydrogen) atoms. The summed E-state index contributed by atoms with van der Waals surface area (Å²) in [6.07, 6.45) is 1.87. The second-order valence-electron chi connectivity index (χ2n) is 6.61. The Morgan fingerprint density at radius 1 is 1.19 bits per heavy atom. The third-order valence-electron chi connectivity index (χ3n) is 4.78. The minimum atomic E-state index is -0.479. The zero-order valence-electron chi connectivity index (χ0n) is 14.9. The van der Waals surface area contributed by atoms with Gasteiger partial charge in [-0.2, -0.15) is 9.97 Å². The Kier molecular flexibility index (Phi) is 4.31. The van der Waals surface area contributed by atoms with Crippen LogP contribution in [0.5, 0.6) is 5.88 Å². The topological polar surface area (TPSA) is 113 Å². The summed E-state index contributed by atoms with van der Waals surface area (Å²) in [5.41, 5.74) is 7.25. The van der Waals surface area contributed by atoms with Crippen molar-refractivity contribution in [1.82, 2.24) is 19.5 Å². The molecule has 0 amide bonds. The number of ether oxygens (including phenoxy) is 1. The molecule has 1 aliphatic carbocycles. The third-order valence-corrected chi connectivity index (χ3v) is 4.78. The number of aryl methyl sites for hydroxylation is 1. The molecule has 8 heteroatoms. The Bertz CT molecular complexity index is 1080. The molecular weight excluding hydrogens is 346 g/mol. The summed E-state index contributed by atoms with van der Waals surface area (Å²) in [7, 11) is 1.59. The van der Waals surface area contributed by atoms with Crippen LogP contribution in [0.25, 0.3) is 11.2 Å². The molecule has 1 aromatic carbocycles. The zero-order valence-corrected chi connectivity index (χ0v) is 14.9. The number of fused-ring (bicyclic) bond motifs is 1. The van der Waals surface area contributed by atoms with Gasteiger partial charge in [0.25, 0.3) is 5.56 Å². The Hall–Kier alpha value is -3.29. The molecular formula is C19H19N5O3. The molecule has 0 bridgehead atoms. The number of rotatable bonds is 4. The van der Waals surface area contributed by atoms with E-state index >= 15 is 0 Å². The van der Waals surface area contributed by atoms with Gasteiger partial charge < -0.3 is 10.5 Å². The second kappa shape index (κ2) is 6.79. The molecule has 8 nitrogen and oxygen atoms in total. The fourth-order valence-corrected chi connectivity index (χ4v) is 3.37. The van der Waals surface area contributed by atoms with E-state index in [0.29, 0.717) is 18.4 Å². The van der Waals surface area contributed by atoms with Gasteiger partial charge in [-0.25, -0.2) is 4.98 Å². The van der Waals surface area contributed by atoms with E-state index in [1.54, 1.807) is 7.05 Å². The van der Waals surface area contributed by atoms with Crippen molar-refractivity contribution in [2.24, 2.45) is 7.05 Å². The van der Waals surface area contributed by atoms with Crippen molar-refractivity contribution < 1.29 is 9.53 Å². The minimum absolute atomic E-state index is 0.00736. The van der Waals surface area contributed by atoms with Crippen molar-refractivity contribution in [3.05, 3.63) is 51.9 Å². The highest BCUT2D eigenvalue weighted by Gasteiger charge is 2.31. The van der Waals surface area contributed by atoms with Gasteiger partial charge in [0.15, 0.2) is 11.2 Å². The highest BCUT2D eigenvalue weighted by atomic mass is 16.5. The Labute approximate surface area is 155 Å². The number of aromatic nitrogens is 4. The zero-order chi connectivity index (χ0) is 19.0. The fourth-order valence-electron chi connectivity index (χ4n) is 3.37. The highest BCUT2D eigenvalue weighted by Crippen LogP contribution is 2.30. The number of carbonyl (C=O) groups excluding carboxylic acids is 1. The second-order valence-corrected chi connectivity index (χ2v) is 6.61. The minimum Gasteiger partial charge on any atom is -0.471 e. The molecule has 138 valence electrons. The molecule has 1 unspecified atom stereocenters. The molecule has 2 heterocycles. The highest BCUT2D eigenvalue weighted by molar-refractivity contribution is 5.88. The lowest BCUT2D eigenvalue weighted by atomic mass is 10.0. The van der Waals surface area contributed by atoms with Crippen LogP contribution >= 0.6 is 0 Å². The van der Waals surface area contributed by atoms with Crippen LogP contribution in [-0.4, -0.2) is 25.3 Å². The van der Waals surface area contributed by atoms with Crippen LogP contribution in [0.2, 0.25) is 0 Å². The van der Waals surface area contributed by atoms with Crippen LogP contribution in [0.4, 0.5) is 5.95 Å². The van der Waals surface area contributed by atoms with Crippen LogP contribution in [0.3, 0.4) is 0 Å². The van der Waals surface area contributed by atoms with E-state index in [2.05, 4.69) is 15.0 Å². The third kappa shape index (κ3) is 3.14. The first-order valence-electron chi connectivity index (χ1n) is 8.78. The maximum atomic E-state index is 12.7. The number of hydrogen-bond donors (Lipinski definition) is 1. The summed E-state index contributed by atoms with van der Waals surface area (Å²) < 4.78 is 7.19. The normalized spacial score (nSPS) is 16.8. The average Bonchev–Trinajstić information content (AvgIpc) is 3.09. The van der Waals surface area contributed by atoms with Gasteiger partial charge >= 0.3 is 0 Å². The Morgan fingerprint density at radius 3 is 2.67 bits per heavy atom. The van der Waals surface area contributed by atoms with E-state index in [1.165, 1.54) is 4.57 Å². The van der Waals surface area contributed by atoms with Crippen LogP contribution in [0.15, 0.2) is 35.1 Å². The molecule has 1 aliphatic rings. The van der Waals surface area contributed by atoms with Crippen molar-refractivity contribution in [1.29, 1.82) is 0 Å². The SMILES string of the molecule is Cn1c(=O)c(C2CCCC2=O)nc2c(OCc3ccccc3)nc(N)nc21. The van der Waals surface area contributed by atoms with Gasteiger partial charge in [-0.05, 0) is 18.4 Å². The predicted octanol–water partition coefficient (Wildman–Crippen LogP) is 1.72. The molecule has 1 saturated carbocycles. The predicted molar refractivity (Wildman–Crippen MR) is 99.4 cm³/mol. The Morgan fingerprint density at radius 2 is 1.96 bits per heavy atom. The lowest BCUT2D eigenvalue weighted by Gasteiger charge is -2.13. The number of hydrogen-bond acceptors (Lipinski definition) is 7. The number of nitrogen functional groups attached to an aromatic ring is 1. The lowest BCUT2D eigenvalue weighted by Crippen LogP contribution is -2.28. The summed E-state index contributed by atoms with van der Waals surface area (Å²) >= 11 is 0. The summed E-state index contributed by atoms with van der Waals surface area (Å²) in [5.74, 6) is -0.245.